The van der Waals surface area contributed by atoms with Crippen LogP contribution in [0, 0.1) is 5.92 Å². The van der Waals surface area contributed by atoms with E-state index in [2.05, 4.69) is 5.32 Å². The average molecular weight is 368 g/mol. The van der Waals surface area contributed by atoms with Gasteiger partial charge >= 0.3 is 5.51 Å². The first-order valence-electron chi connectivity index (χ1n) is 6.79. The van der Waals surface area contributed by atoms with Crippen LogP contribution in [0.4, 0.5) is 18.9 Å². The van der Waals surface area contributed by atoms with Crippen molar-refractivity contribution in [2.24, 2.45) is 11.7 Å². The predicted octanol–water partition coefficient (Wildman–Crippen LogP) is -0.0124. The maximum atomic E-state index is 12.5. The number of anilines is 1. The molecule has 7 nitrogen and oxygen atoms in total. The van der Waals surface area contributed by atoms with Gasteiger partial charge in [0, 0.05) is 11.7 Å². The van der Waals surface area contributed by atoms with E-state index in [0.717, 1.165) is 12.1 Å². The smallest absolute Gasteiger partial charge is 0.390 e. The van der Waals surface area contributed by atoms with Crippen LogP contribution >= 0.6 is 0 Å². The summed E-state index contributed by atoms with van der Waals surface area (Å²) in [6, 6.07) is 2.65. The second-order valence-corrected chi connectivity index (χ2v) is 7.38. The summed E-state index contributed by atoms with van der Waals surface area (Å²) in [5.41, 5.74) is -0.0252. The molecule has 1 aliphatic rings. The van der Waals surface area contributed by atoms with E-state index in [1.807, 2.05) is 0 Å². The van der Waals surface area contributed by atoms with Gasteiger partial charge in [-0.15, -0.1) is 0 Å². The lowest BCUT2D eigenvalue weighted by atomic mass is 10.0. The van der Waals surface area contributed by atoms with Gasteiger partial charge in [0.05, 0.1) is 23.0 Å². The first-order chi connectivity index (χ1) is 10.9. The summed E-state index contributed by atoms with van der Waals surface area (Å²) in [5.74, 6) is -1.70. The van der Waals surface area contributed by atoms with Crippen molar-refractivity contribution in [3.05, 3.63) is 24.3 Å². The zero-order valence-corrected chi connectivity index (χ0v) is 12.9. The monoisotopic (exact) mass is 368 g/mol. The number of nitrogens with two attached hydrogens (primary N) is 1. The number of hydrogen-bond acceptors (Lipinski definition) is 6. The van der Waals surface area contributed by atoms with E-state index in [9.17, 15) is 36.6 Å². The fourth-order valence-electron chi connectivity index (χ4n) is 2.44. The Morgan fingerprint density at radius 1 is 1.29 bits per heavy atom. The molecule has 0 saturated heterocycles. The van der Waals surface area contributed by atoms with Crippen LogP contribution in [0.2, 0.25) is 0 Å². The van der Waals surface area contributed by atoms with Gasteiger partial charge in [0.1, 0.15) is 0 Å². The lowest BCUT2D eigenvalue weighted by molar-refractivity contribution is -0.120. The number of nitrogens with one attached hydrogen (secondary N) is 1. The molecule has 0 aliphatic heterocycles. The zero-order valence-electron chi connectivity index (χ0n) is 12.1. The topological polar surface area (TPSA) is 130 Å². The van der Waals surface area contributed by atoms with Crippen molar-refractivity contribution in [2.75, 3.05) is 5.32 Å². The fourth-order valence-corrected chi connectivity index (χ4v) is 3.25. The molecule has 134 valence electrons. The molecule has 1 amide bonds. The minimum atomic E-state index is -5.54. The van der Waals surface area contributed by atoms with Crippen molar-refractivity contribution in [1.82, 2.24) is 0 Å². The van der Waals surface area contributed by atoms with E-state index < -0.39 is 50.3 Å². The standard InChI is InChI=1S/C13H15F3N2O5S/c14-13(15,16)24(22,23)7-3-1-2-6(4-7)18-12(21)8-5-9(19)11(20)10(8)17/h1-4,8-11,19-20H,5,17H2,(H,18,21). The van der Waals surface area contributed by atoms with Crippen LogP contribution in [0.1, 0.15) is 6.42 Å². The van der Waals surface area contributed by atoms with Crippen LogP contribution in [0.25, 0.3) is 0 Å². The first-order valence-corrected chi connectivity index (χ1v) is 8.27. The number of carbonyl (C=O) groups is 1. The first kappa shape index (κ1) is 18.6. The number of alkyl halides is 3. The number of aliphatic hydroxyl groups is 2. The van der Waals surface area contributed by atoms with Crippen molar-refractivity contribution in [2.45, 2.75) is 35.1 Å². The average Bonchev–Trinajstić information content (AvgIpc) is 2.74. The molecule has 5 N–H and O–H groups in total. The molecule has 2 rings (SSSR count). The molecule has 1 fully saturated rings. The Labute approximate surface area is 135 Å². The molecule has 0 aromatic heterocycles. The summed E-state index contributed by atoms with van der Waals surface area (Å²) < 4.78 is 60.4. The molecule has 0 spiro atoms. The second kappa shape index (κ2) is 6.31. The maximum Gasteiger partial charge on any atom is 0.501 e. The van der Waals surface area contributed by atoms with Crippen LogP contribution in [-0.4, -0.2) is 48.3 Å². The molecular weight excluding hydrogens is 353 g/mol. The molecule has 24 heavy (non-hydrogen) atoms. The van der Waals surface area contributed by atoms with Crippen LogP contribution in [0.5, 0.6) is 0 Å². The quantitative estimate of drug-likeness (QED) is 0.594. The molecule has 11 heteroatoms. The van der Waals surface area contributed by atoms with E-state index in [1.54, 1.807) is 0 Å². The molecule has 0 bridgehead atoms. The van der Waals surface area contributed by atoms with Gasteiger partial charge in [0.2, 0.25) is 5.91 Å². The number of halogens is 3. The molecule has 1 aromatic rings. The van der Waals surface area contributed by atoms with Gasteiger partial charge in [-0.2, -0.15) is 13.2 Å². The normalized spacial score (nSPS) is 27.9. The molecule has 0 radical (unpaired) electrons. The van der Waals surface area contributed by atoms with Crippen molar-refractivity contribution >= 4 is 21.4 Å². The Bertz CT molecular complexity index is 737. The summed E-state index contributed by atoms with van der Waals surface area (Å²) in [6.07, 6.45) is -2.60. The third kappa shape index (κ3) is 3.38. The Morgan fingerprint density at radius 3 is 2.42 bits per heavy atom. The molecule has 1 aliphatic carbocycles. The highest BCUT2D eigenvalue weighted by atomic mass is 32.2. The second-order valence-electron chi connectivity index (χ2n) is 5.44. The predicted molar refractivity (Wildman–Crippen MR) is 76.4 cm³/mol. The van der Waals surface area contributed by atoms with E-state index in [0.29, 0.717) is 6.07 Å². The number of carbonyl (C=O) groups excluding carboxylic acids is 1. The van der Waals surface area contributed by atoms with E-state index >= 15 is 0 Å². The fraction of sp³-hybridized carbons (Fsp3) is 0.462. The van der Waals surface area contributed by atoms with Crippen LogP contribution in [-0.2, 0) is 14.6 Å². The van der Waals surface area contributed by atoms with E-state index in [-0.39, 0.29) is 12.1 Å². The highest BCUT2D eigenvalue weighted by molar-refractivity contribution is 7.92. The number of amides is 1. The molecule has 1 aromatic carbocycles. The summed E-state index contributed by atoms with van der Waals surface area (Å²) in [4.78, 5) is 11.1. The lowest BCUT2D eigenvalue weighted by Crippen LogP contribution is -2.42. The van der Waals surface area contributed by atoms with Crippen molar-refractivity contribution < 1.29 is 36.6 Å². The Kier molecular flexibility index (Phi) is 4.91. The number of benzene rings is 1. The van der Waals surface area contributed by atoms with Gasteiger partial charge < -0.3 is 21.3 Å². The van der Waals surface area contributed by atoms with Gasteiger partial charge in [-0.3, -0.25) is 4.79 Å². The molecule has 4 atom stereocenters. The highest BCUT2D eigenvalue weighted by Gasteiger charge is 2.47. The molecule has 0 heterocycles. The third-order valence-electron chi connectivity index (χ3n) is 3.80. The van der Waals surface area contributed by atoms with Gasteiger partial charge in [-0.05, 0) is 24.6 Å². The summed E-state index contributed by atoms with van der Waals surface area (Å²) in [7, 11) is -5.54. The van der Waals surface area contributed by atoms with Gasteiger partial charge in [-0.25, -0.2) is 8.42 Å². The van der Waals surface area contributed by atoms with Gasteiger partial charge in [0.15, 0.2) is 0 Å². The van der Waals surface area contributed by atoms with E-state index in [1.165, 1.54) is 6.07 Å². The van der Waals surface area contributed by atoms with Crippen LogP contribution in [0.15, 0.2) is 29.2 Å². The number of hydrogen-bond donors (Lipinski definition) is 4. The molecule has 1 saturated carbocycles. The minimum Gasteiger partial charge on any atom is -0.390 e. The van der Waals surface area contributed by atoms with Crippen LogP contribution in [0.3, 0.4) is 0 Å². The zero-order chi connectivity index (χ0) is 18.3. The van der Waals surface area contributed by atoms with Crippen LogP contribution < -0.4 is 11.1 Å². The SMILES string of the molecule is NC1C(C(=O)Nc2cccc(S(=O)(=O)C(F)(F)F)c2)CC(O)C1O. The minimum absolute atomic E-state index is 0.116. The van der Waals surface area contributed by atoms with Crippen molar-refractivity contribution in [3.8, 4) is 0 Å². The van der Waals surface area contributed by atoms with Crippen molar-refractivity contribution in [3.63, 3.8) is 0 Å². The lowest BCUT2D eigenvalue weighted by Gasteiger charge is -2.17. The maximum absolute atomic E-state index is 12.5. The Morgan fingerprint density at radius 2 is 1.92 bits per heavy atom. The third-order valence-corrected chi connectivity index (χ3v) is 5.29. The molecular formula is C13H15F3N2O5S. The van der Waals surface area contributed by atoms with Crippen molar-refractivity contribution in [1.29, 1.82) is 0 Å². The Balaban J connectivity index is 2.21. The van der Waals surface area contributed by atoms with Gasteiger partial charge in [0.25, 0.3) is 9.84 Å². The van der Waals surface area contributed by atoms with E-state index in [4.69, 9.17) is 5.73 Å². The Hall–Kier alpha value is -1.69. The summed E-state index contributed by atoms with van der Waals surface area (Å²) in [5, 5.41) is 21.3. The summed E-state index contributed by atoms with van der Waals surface area (Å²) in [6.45, 7) is 0. The number of aliphatic hydroxyl groups excluding tert-OH is 2. The number of rotatable bonds is 3. The highest BCUT2D eigenvalue weighted by Crippen LogP contribution is 2.32. The largest absolute Gasteiger partial charge is 0.501 e. The summed E-state index contributed by atoms with van der Waals surface area (Å²) >= 11 is 0. The number of sulfone groups is 1. The molecule has 4 unspecified atom stereocenters. The van der Waals surface area contributed by atoms with Gasteiger partial charge in [-0.1, -0.05) is 6.07 Å².